The number of nitrogens with zero attached hydrogens (tertiary/aromatic N) is 1. The van der Waals surface area contributed by atoms with Gasteiger partial charge in [0.05, 0.1) is 6.54 Å². The molecule has 0 aromatic heterocycles. The number of carbonyl (C=O) groups is 2. The minimum atomic E-state index is -0.198. The van der Waals surface area contributed by atoms with Crippen LogP contribution >= 0.6 is 0 Å². The lowest BCUT2D eigenvalue weighted by Gasteiger charge is -2.22. The van der Waals surface area contributed by atoms with Gasteiger partial charge in [-0.1, -0.05) is 32.9 Å². The molecule has 24 heavy (non-hydrogen) atoms. The number of hydrogen-bond acceptors (Lipinski definition) is 3. The van der Waals surface area contributed by atoms with Crippen molar-refractivity contribution in [2.24, 2.45) is 0 Å². The molecule has 134 valence electrons. The molecule has 0 fully saturated rings. The molecule has 0 radical (unpaired) electrons. The molecule has 1 rings (SSSR count). The number of benzene rings is 1. The first-order chi connectivity index (χ1) is 11.1. The van der Waals surface area contributed by atoms with Crippen LogP contribution in [0, 0.1) is 0 Å². The number of nitrogens with one attached hydrogen (secondary N) is 1. The van der Waals surface area contributed by atoms with Crippen LogP contribution in [0.5, 0.6) is 5.75 Å². The highest BCUT2D eigenvalue weighted by Gasteiger charge is 2.17. The van der Waals surface area contributed by atoms with Crippen LogP contribution in [0.3, 0.4) is 0 Å². The molecule has 0 bridgehead atoms. The lowest BCUT2D eigenvalue weighted by molar-refractivity contribution is -0.137. The largest absolute Gasteiger partial charge is 0.484 e. The fourth-order valence-electron chi connectivity index (χ4n) is 2.20. The zero-order chi connectivity index (χ0) is 18.3. The fourth-order valence-corrected chi connectivity index (χ4v) is 2.20. The Hall–Kier alpha value is -2.04. The summed E-state index contributed by atoms with van der Waals surface area (Å²) in [7, 11) is 0. The average Bonchev–Trinajstić information content (AvgIpc) is 2.49. The summed E-state index contributed by atoms with van der Waals surface area (Å²) in [5.41, 5.74) is 1.29. The summed E-state index contributed by atoms with van der Waals surface area (Å²) in [5.74, 6) is 0.296. The van der Waals surface area contributed by atoms with Gasteiger partial charge < -0.3 is 15.0 Å². The molecule has 2 amide bonds. The van der Waals surface area contributed by atoms with Crippen LogP contribution in [0.1, 0.15) is 47.1 Å². The molecule has 5 heteroatoms. The van der Waals surface area contributed by atoms with Crippen molar-refractivity contribution >= 4 is 11.8 Å². The SMILES string of the molecule is CCN(CC(=O)NC(C)C)C(=O)COc1ccc(C(C)(C)C)cc1. The van der Waals surface area contributed by atoms with E-state index in [1.165, 1.54) is 10.5 Å². The highest BCUT2D eigenvalue weighted by molar-refractivity contribution is 5.85. The van der Waals surface area contributed by atoms with Gasteiger partial charge >= 0.3 is 0 Å². The van der Waals surface area contributed by atoms with E-state index in [9.17, 15) is 9.59 Å². The topological polar surface area (TPSA) is 58.6 Å². The maximum absolute atomic E-state index is 12.2. The highest BCUT2D eigenvalue weighted by atomic mass is 16.5. The van der Waals surface area contributed by atoms with Crippen LogP contribution < -0.4 is 10.1 Å². The van der Waals surface area contributed by atoms with Crippen LogP contribution in [-0.2, 0) is 15.0 Å². The summed E-state index contributed by atoms with van der Waals surface area (Å²) in [4.78, 5) is 25.5. The summed E-state index contributed by atoms with van der Waals surface area (Å²) in [6.07, 6.45) is 0. The molecule has 0 aliphatic heterocycles. The van der Waals surface area contributed by atoms with E-state index >= 15 is 0 Å². The smallest absolute Gasteiger partial charge is 0.260 e. The third-order valence-corrected chi connectivity index (χ3v) is 3.60. The van der Waals surface area contributed by atoms with Gasteiger partial charge in [-0.15, -0.1) is 0 Å². The van der Waals surface area contributed by atoms with Crippen LogP contribution in [0.15, 0.2) is 24.3 Å². The van der Waals surface area contributed by atoms with Crippen molar-refractivity contribution in [2.75, 3.05) is 19.7 Å². The monoisotopic (exact) mass is 334 g/mol. The van der Waals surface area contributed by atoms with E-state index < -0.39 is 0 Å². The second kappa shape index (κ2) is 8.71. The maximum atomic E-state index is 12.2. The number of amides is 2. The maximum Gasteiger partial charge on any atom is 0.260 e. The van der Waals surface area contributed by atoms with Gasteiger partial charge in [-0.05, 0) is 43.9 Å². The Morgan fingerprint density at radius 1 is 1.17 bits per heavy atom. The van der Waals surface area contributed by atoms with Gasteiger partial charge in [0, 0.05) is 12.6 Å². The van der Waals surface area contributed by atoms with Crippen LogP contribution in [0.4, 0.5) is 0 Å². The molecule has 5 nitrogen and oxygen atoms in total. The number of ether oxygens (including phenoxy) is 1. The average molecular weight is 334 g/mol. The Kier molecular flexibility index (Phi) is 7.26. The van der Waals surface area contributed by atoms with Gasteiger partial charge in [0.1, 0.15) is 5.75 Å². The Labute approximate surface area is 145 Å². The van der Waals surface area contributed by atoms with E-state index in [0.717, 1.165) is 0 Å². The summed E-state index contributed by atoms with van der Waals surface area (Å²) in [5, 5.41) is 2.78. The molecule has 0 saturated carbocycles. The van der Waals surface area contributed by atoms with E-state index in [1.807, 2.05) is 45.0 Å². The van der Waals surface area contributed by atoms with E-state index in [2.05, 4.69) is 26.1 Å². The normalized spacial score (nSPS) is 11.3. The lowest BCUT2D eigenvalue weighted by Crippen LogP contribution is -2.44. The van der Waals surface area contributed by atoms with Gasteiger partial charge in [-0.25, -0.2) is 0 Å². The van der Waals surface area contributed by atoms with Gasteiger partial charge in [-0.2, -0.15) is 0 Å². The first-order valence-electron chi connectivity index (χ1n) is 8.44. The van der Waals surface area contributed by atoms with Crippen molar-refractivity contribution in [3.63, 3.8) is 0 Å². The zero-order valence-electron chi connectivity index (χ0n) is 15.7. The third-order valence-electron chi connectivity index (χ3n) is 3.60. The summed E-state index contributed by atoms with van der Waals surface area (Å²) < 4.78 is 5.56. The molecular weight excluding hydrogens is 304 g/mol. The molecule has 1 N–H and O–H groups in total. The molecule has 0 aliphatic carbocycles. The second-order valence-corrected chi connectivity index (χ2v) is 7.19. The lowest BCUT2D eigenvalue weighted by atomic mass is 9.87. The molecule has 0 spiro atoms. The molecule has 0 aliphatic rings. The van der Waals surface area contributed by atoms with Crippen molar-refractivity contribution in [1.29, 1.82) is 0 Å². The zero-order valence-corrected chi connectivity index (χ0v) is 15.7. The third kappa shape index (κ3) is 6.60. The first-order valence-corrected chi connectivity index (χ1v) is 8.44. The molecule has 1 aromatic carbocycles. The van der Waals surface area contributed by atoms with Crippen LogP contribution in [-0.4, -0.2) is 42.5 Å². The van der Waals surface area contributed by atoms with Crippen molar-refractivity contribution in [3.8, 4) is 5.75 Å². The Morgan fingerprint density at radius 3 is 2.21 bits per heavy atom. The number of likely N-dealkylation sites (N-methyl/N-ethyl adjacent to an activating group) is 1. The van der Waals surface area contributed by atoms with Gasteiger partial charge in [0.15, 0.2) is 6.61 Å². The summed E-state index contributed by atoms with van der Waals surface area (Å²) in [6, 6.07) is 7.82. The second-order valence-electron chi connectivity index (χ2n) is 7.19. The molecule has 0 saturated heterocycles. The molecular formula is C19H30N2O3. The van der Waals surface area contributed by atoms with Crippen molar-refractivity contribution in [1.82, 2.24) is 10.2 Å². The minimum Gasteiger partial charge on any atom is -0.484 e. The van der Waals surface area contributed by atoms with E-state index in [-0.39, 0.29) is 36.4 Å². The Balaban J connectivity index is 2.55. The number of hydrogen-bond donors (Lipinski definition) is 1. The highest BCUT2D eigenvalue weighted by Crippen LogP contribution is 2.24. The van der Waals surface area contributed by atoms with Crippen molar-refractivity contribution in [3.05, 3.63) is 29.8 Å². The molecule has 0 heterocycles. The Morgan fingerprint density at radius 2 is 1.75 bits per heavy atom. The van der Waals surface area contributed by atoms with Gasteiger partial charge in [-0.3, -0.25) is 9.59 Å². The van der Waals surface area contributed by atoms with Crippen molar-refractivity contribution in [2.45, 2.75) is 53.0 Å². The Bertz CT molecular complexity index is 545. The van der Waals surface area contributed by atoms with Crippen LogP contribution in [0.25, 0.3) is 0 Å². The van der Waals surface area contributed by atoms with Gasteiger partial charge in [0.2, 0.25) is 5.91 Å². The quantitative estimate of drug-likeness (QED) is 0.834. The molecule has 0 unspecified atom stereocenters. The van der Waals surface area contributed by atoms with Crippen molar-refractivity contribution < 1.29 is 14.3 Å². The summed E-state index contributed by atoms with van der Waals surface area (Å²) >= 11 is 0. The fraction of sp³-hybridized carbons (Fsp3) is 0.579. The van der Waals surface area contributed by atoms with Crippen LogP contribution in [0.2, 0.25) is 0 Å². The van der Waals surface area contributed by atoms with E-state index in [4.69, 9.17) is 4.74 Å². The van der Waals surface area contributed by atoms with E-state index in [0.29, 0.717) is 12.3 Å². The summed E-state index contributed by atoms with van der Waals surface area (Å²) in [6.45, 7) is 12.5. The predicted molar refractivity (Wildman–Crippen MR) is 96.2 cm³/mol. The van der Waals surface area contributed by atoms with Gasteiger partial charge in [0.25, 0.3) is 5.91 Å². The first kappa shape index (κ1) is 20.0. The van der Waals surface area contributed by atoms with E-state index in [1.54, 1.807) is 0 Å². The predicted octanol–water partition coefficient (Wildman–Crippen LogP) is 2.74. The minimum absolute atomic E-state index is 0.0554. The molecule has 1 aromatic rings. The number of carbonyl (C=O) groups excluding carboxylic acids is 2. The number of rotatable bonds is 7. The standard InChI is InChI=1S/C19H30N2O3/c1-7-21(12-17(22)20-14(2)3)18(23)13-24-16-10-8-15(9-11-16)19(4,5)6/h8-11,14H,7,12-13H2,1-6H3,(H,20,22). The molecule has 0 atom stereocenters.